The van der Waals surface area contributed by atoms with Crippen molar-refractivity contribution in [2.45, 2.75) is 6.04 Å². The van der Waals surface area contributed by atoms with Gasteiger partial charge in [0.25, 0.3) is 5.69 Å². The molecule has 0 bridgehead atoms. The number of non-ortho nitro benzene ring substituents is 1. The molecule has 2 aromatic carbocycles. The maximum atomic E-state index is 12.2. The van der Waals surface area contributed by atoms with Crippen LogP contribution in [0, 0.1) is 10.1 Å². The summed E-state index contributed by atoms with van der Waals surface area (Å²) in [5, 5.41) is 15.7. The molecular formula is C20H25N5O4. The molecule has 0 fully saturated rings. The summed E-state index contributed by atoms with van der Waals surface area (Å²) in [4.78, 5) is 38.3. The Labute approximate surface area is 169 Å². The molecule has 2 rings (SSSR count). The van der Waals surface area contributed by atoms with Gasteiger partial charge in [-0.2, -0.15) is 0 Å². The first-order chi connectivity index (χ1) is 13.7. The summed E-state index contributed by atoms with van der Waals surface area (Å²) in [6.45, 7) is 0.251. The number of hydrogen-bond donors (Lipinski definition) is 2. The molecule has 2 amide bonds. The molecule has 0 aromatic heterocycles. The van der Waals surface area contributed by atoms with Crippen LogP contribution in [-0.2, 0) is 9.59 Å². The number of rotatable bonds is 7. The van der Waals surface area contributed by atoms with E-state index in [-0.39, 0.29) is 18.3 Å². The quantitative estimate of drug-likeness (QED) is 0.419. The van der Waals surface area contributed by atoms with E-state index in [2.05, 4.69) is 10.6 Å². The van der Waals surface area contributed by atoms with Crippen LogP contribution in [0.3, 0.4) is 0 Å². The van der Waals surface area contributed by atoms with Crippen molar-refractivity contribution in [3.05, 3.63) is 64.2 Å². The number of nitrogens with zero attached hydrogens (tertiary/aromatic N) is 3. The van der Waals surface area contributed by atoms with E-state index in [0.29, 0.717) is 5.69 Å². The third kappa shape index (κ3) is 6.01. The Morgan fingerprint density at radius 2 is 1.55 bits per heavy atom. The molecule has 0 aliphatic heterocycles. The number of hydrogen-bond acceptors (Lipinski definition) is 6. The molecule has 1 atom stereocenters. The normalized spacial score (nSPS) is 11.6. The largest absolute Gasteiger partial charge is 0.378 e. The summed E-state index contributed by atoms with van der Waals surface area (Å²) in [6.07, 6.45) is 0. The fourth-order valence-electron chi connectivity index (χ4n) is 2.72. The maximum absolute atomic E-state index is 12.2. The van der Waals surface area contributed by atoms with Crippen LogP contribution in [0.5, 0.6) is 0 Å². The Hall–Kier alpha value is -3.46. The molecule has 154 valence electrons. The van der Waals surface area contributed by atoms with E-state index in [1.165, 1.54) is 24.3 Å². The van der Waals surface area contributed by atoms with Gasteiger partial charge in [0, 0.05) is 44.1 Å². The molecule has 0 aliphatic carbocycles. The molecule has 0 heterocycles. The first-order valence-electron chi connectivity index (χ1n) is 8.96. The van der Waals surface area contributed by atoms with Gasteiger partial charge in [0.15, 0.2) is 0 Å². The lowest BCUT2D eigenvalue weighted by molar-refractivity contribution is -0.384. The molecule has 0 aliphatic rings. The van der Waals surface area contributed by atoms with Gasteiger partial charge in [-0.1, -0.05) is 12.1 Å². The smallest absolute Gasteiger partial charge is 0.313 e. The lowest BCUT2D eigenvalue weighted by Crippen LogP contribution is -2.40. The van der Waals surface area contributed by atoms with Gasteiger partial charge in [-0.15, -0.1) is 0 Å². The van der Waals surface area contributed by atoms with Gasteiger partial charge in [-0.25, -0.2) is 0 Å². The minimum Gasteiger partial charge on any atom is -0.378 e. The minimum absolute atomic E-state index is 0.0958. The van der Waals surface area contributed by atoms with Crippen molar-refractivity contribution in [1.29, 1.82) is 0 Å². The SMILES string of the molecule is CN(C)c1ccc([C@H](CNC(=O)C(=O)Nc2ccc([N+](=O)[O-])cc2)N(C)C)cc1. The van der Waals surface area contributed by atoms with Crippen LogP contribution >= 0.6 is 0 Å². The second-order valence-electron chi connectivity index (χ2n) is 6.93. The fourth-order valence-corrected chi connectivity index (χ4v) is 2.72. The Bertz CT molecular complexity index is 863. The summed E-state index contributed by atoms with van der Waals surface area (Å²) in [6, 6.07) is 13.1. The van der Waals surface area contributed by atoms with Gasteiger partial charge in [0.1, 0.15) is 0 Å². The zero-order valence-electron chi connectivity index (χ0n) is 16.9. The van der Waals surface area contributed by atoms with E-state index < -0.39 is 16.7 Å². The Morgan fingerprint density at radius 3 is 2.03 bits per heavy atom. The van der Waals surface area contributed by atoms with Crippen LogP contribution in [0.25, 0.3) is 0 Å². The molecule has 9 heteroatoms. The molecule has 9 nitrogen and oxygen atoms in total. The molecular weight excluding hydrogens is 374 g/mol. The predicted molar refractivity (Wildman–Crippen MR) is 112 cm³/mol. The van der Waals surface area contributed by atoms with Crippen LogP contribution in [0.1, 0.15) is 11.6 Å². The zero-order chi connectivity index (χ0) is 21.6. The standard InChI is InChI=1S/C20H25N5O4/c1-23(2)16-9-5-14(6-10-16)18(24(3)4)13-21-19(26)20(27)22-15-7-11-17(12-8-15)25(28)29/h5-12,18H,13H2,1-4H3,(H,21,26)(H,22,27)/t18-/m0/s1. The second kappa shape index (κ2) is 9.65. The summed E-state index contributed by atoms with van der Waals surface area (Å²) < 4.78 is 0. The molecule has 0 saturated heterocycles. The van der Waals surface area contributed by atoms with Gasteiger partial charge < -0.3 is 20.4 Å². The number of nitro benzene ring substituents is 1. The average molecular weight is 399 g/mol. The van der Waals surface area contributed by atoms with E-state index in [9.17, 15) is 19.7 Å². The van der Waals surface area contributed by atoms with Crippen LogP contribution in [0.4, 0.5) is 17.1 Å². The van der Waals surface area contributed by atoms with Crippen molar-refractivity contribution in [2.24, 2.45) is 0 Å². The van der Waals surface area contributed by atoms with Crippen molar-refractivity contribution < 1.29 is 14.5 Å². The number of carbonyl (C=O) groups is 2. The predicted octanol–water partition coefficient (Wildman–Crippen LogP) is 2.02. The number of likely N-dealkylation sites (N-methyl/N-ethyl adjacent to an activating group) is 1. The summed E-state index contributed by atoms with van der Waals surface area (Å²) in [5.41, 5.74) is 2.29. The third-order valence-electron chi connectivity index (χ3n) is 4.42. The van der Waals surface area contributed by atoms with Crippen LogP contribution < -0.4 is 15.5 Å². The molecule has 0 saturated carbocycles. The lowest BCUT2D eigenvalue weighted by atomic mass is 10.1. The van der Waals surface area contributed by atoms with E-state index in [4.69, 9.17) is 0 Å². The van der Waals surface area contributed by atoms with E-state index in [0.717, 1.165) is 11.3 Å². The topological polar surface area (TPSA) is 108 Å². The molecule has 2 N–H and O–H groups in total. The average Bonchev–Trinajstić information content (AvgIpc) is 2.68. The summed E-state index contributed by atoms with van der Waals surface area (Å²) in [7, 11) is 7.71. The Balaban J connectivity index is 1.97. The van der Waals surface area contributed by atoms with E-state index in [1.807, 2.05) is 62.3 Å². The molecule has 2 aromatic rings. The minimum atomic E-state index is -0.834. The van der Waals surface area contributed by atoms with Crippen molar-refractivity contribution in [1.82, 2.24) is 10.2 Å². The van der Waals surface area contributed by atoms with Crippen molar-refractivity contribution in [3.8, 4) is 0 Å². The molecule has 0 unspecified atom stereocenters. The van der Waals surface area contributed by atoms with Crippen molar-refractivity contribution >= 4 is 28.9 Å². The molecule has 0 spiro atoms. The van der Waals surface area contributed by atoms with Crippen LogP contribution in [0.15, 0.2) is 48.5 Å². The first kappa shape index (κ1) is 21.8. The number of nitro groups is 1. The summed E-state index contributed by atoms with van der Waals surface area (Å²) >= 11 is 0. The highest BCUT2D eigenvalue weighted by molar-refractivity contribution is 6.39. The number of carbonyl (C=O) groups excluding carboxylic acids is 2. The molecule has 0 radical (unpaired) electrons. The van der Waals surface area contributed by atoms with E-state index in [1.54, 1.807) is 0 Å². The summed E-state index contributed by atoms with van der Waals surface area (Å²) in [5.74, 6) is -1.61. The van der Waals surface area contributed by atoms with Crippen LogP contribution in [-0.4, -0.2) is 56.4 Å². The van der Waals surface area contributed by atoms with Crippen molar-refractivity contribution in [3.63, 3.8) is 0 Å². The first-order valence-corrected chi connectivity index (χ1v) is 8.96. The second-order valence-corrected chi connectivity index (χ2v) is 6.93. The number of anilines is 2. The van der Waals surface area contributed by atoms with Crippen LogP contribution in [0.2, 0.25) is 0 Å². The number of amides is 2. The van der Waals surface area contributed by atoms with Gasteiger partial charge in [-0.05, 0) is 43.9 Å². The highest BCUT2D eigenvalue weighted by Crippen LogP contribution is 2.21. The molecule has 29 heavy (non-hydrogen) atoms. The Morgan fingerprint density at radius 1 is 0.966 bits per heavy atom. The van der Waals surface area contributed by atoms with Gasteiger partial charge in [0.05, 0.1) is 11.0 Å². The highest BCUT2D eigenvalue weighted by Gasteiger charge is 2.19. The number of nitrogens with one attached hydrogen (secondary N) is 2. The van der Waals surface area contributed by atoms with Gasteiger partial charge in [0.2, 0.25) is 0 Å². The lowest BCUT2D eigenvalue weighted by Gasteiger charge is -2.25. The highest BCUT2D eigenvalue weighted by atomic mass is 16.6. The third-order valence-corrected chi connectivity index (χ3v) is 4.42. The monoisotopic (exact) mass is 399 g/mol. The van der Waals surface area contributed by atoms with E-state index >= 15 is 0 Å². The Kier molecular flexibility index (Phi) is 7.27. The maximum Gasteiger partial charge on any atom is 0.313 e. The van der Waals surface area contributed by atoms with Gasteiger partial charge in [-0.3, -0.25) is 19.7 Å². The van der Waals surface area contributed by atoms with Gasteiger partial charge >= 0.3 is 11.8 Å². The fraction of sp³-hybridized carbons (Fsp3) is 0.300. The number of benzene rings is 2. The zero-order valence-corrected chi connectivity index (χ0v) is 16.9. The van der Waals surface area contributed by atoms with Crippen molar-refractivity contribution in [2.75, 3.05) is 45.0 Å².